The molecule has 0 aliphatic carbocycles. The zero-order valence-corrected chi connectivity index (χ0v) is 20.4. The molecule has 1 fully saturated rings. The first-order valence-electron chi connectivity index (χ1n) is 10.8. The topological polar surface area (TPSA) is 65.1 Å². The number of hydrogen-bond acceptors (Lipinski definition) is 7. The Morgan fingerprint density at radius 3 is 2.59 bits per heavy atom. The Morgan fingerprint density at radius 1 is 1.25 bits per heavy atom. The van der Waals surface area contributed by atoms with Crippen LogP contribution >= 0.6 is 23.4 Å². The molecule has 6 nitrogen and oxygen atoms in total. The number of thioether (sulfide) groups is 1. The number of benzene rings is 1. The maximum atomic E-state index is 6.40. The lowest BCUT2D eigenvalue weighted by Crippen LogP contribution is -2.43. The molecular weight excluding hydrogens is 440 g/mol. The molecule has 0 saturated carbocycles. The van der Waals surface area contributed by atoms with Gasteiger partial charge in [-0.15, -0.1) is 11.8 Å². The number of halogens is 1. The Bertz CT molecular complexity index is 965. The predicted octanol–water partition coefficient (Wildman–Crippen LogP) is 5.81. The predicted molar refractivity (Wildman–Crippen MR) is 140 cm³/mol. The minimum atomic E-state index is 0.423. The minimum Gasteiger partial charge on any atom is -0.369 e. The number of rotatable bonds is 9. The third kappa shape index (κ3) is 6.76. The first-order chi connectivity index (χ1) is 15.5. The molecule has 1 aliphatic heterocycles. The number of nitrogens with zero attached hydrogens (tertiary/aromatic N) is 3. The summed E-state index contributed by atoms with van der Waals surface area (Å²) in [6, 6.07) is 8.33. The molecule has 2 heterocycles. The van der Waals surface area contributed by atoms with Gasteiger partial charge in [-0.25, -0.2) is 4.98 Å². The van der Waals surface area contributed by atoms with E-state index in [-0.39, 0.29) is 0 Å². The standard InChI is InChI=1S/C24H31ClN6S/c1-5-7-21(22(6-2)32-17(3)4)29-23-20(25)16-27-24(30-23)28-18-8-10-19(11-9-18)31-14-12-26-13-15-31/h5-11,16-17,26H,2,12-15H2,1,3-4H3,(H2,27,28,29,30)/b7-5-,22-21-. The molecule has 0 spiro atoms. The van der Waals surface area contributed by atoms with E-state index in [9.17, 15) is 0 Å². The van der Waals surface area contributed by atoms with Crippen molar-refractivity contribution in [3.63, 3.8) is 0 Å². The summed E-state index contributed by atoms with van der Waals surface area (Å²) in [6.07, 6.45) is 7.42. The summed E-state index contributed by atoms with van der Waals surface area (Å²) in [6.45, 7) is 14.3. The summed E-state index contributed by atoms with van der Waals surface area (Å²) in [5, 5.41) is 10.9. The van der Waals surface area contributed by atoms with E-state index in [1.165, 1.54) is 5.69 Å². The highest BCUT2D eigenvalue weighted by Crippen LogP contribution is 2.29. The van der Waals surface area contributed by atoms with Crippen molar-refractivity contribution in [2.75, 3.05) is 41.7 Å². The second kappa shape index (κ2) is 11.9. The summed E-state index contributed by atoms with van der Waals surface area (Å²) < 4.78 is 0. The van der Waals surface area contributed by atoms with Crippen LogP contribution in [0.3, 0.4) is 0 Å². The molecule has 0 atom stereocenters. The van der Waals surface area contributed by atoms with Gasteiger partial charge in [0.25, 0.3) is 0 Å². The molecule has 0 unspecified atom stereocenters. The second-order valence-electron chi connectivity index (χ2n) is 7.57. The summed E-state index contributed by atoms with van der Waals surface area (Å²) >= 11 is 8.13. The number of hydrogen-bond donors (Lipinski definition) is 3. The van der Waals surface area contributed by atoms with Gasteiger partial charge in [0.2, 0.25) is 5.95 Å². The summed E-state index contributed by atoms with van der Waals surface area (Å²) in [4.78, 5) is 12.4. The van der Waals surface area contributed by atoms with Crippen molar-refractivity contribution in [2.45, 2.75) is 26.0 Å². The molecule has 1 aromatic heterocycles. The maximum Gasteiger partial charge on any atom is 0.229 e. The van der Waals surface area contributed by atoms with Crippen LogP contribution in [0.4, 0.5) is 23.1 Å². The fourth-order valence-electron chi connectivity index (χ4n) is 3.28. The van der Waals surface area contributed by atoms with E-state index in [2.05, 4.69) is 63.4 Å². The van der Waals surface area contributed by atoms with Gasteiger partial charge in [0.15, 0.2) is 5.82 Å². The van der Waals surface area contributed by atoms with Crippen molar-refractivity contribution in [1.29, 1.82) is 0 Å². The Balaban J connectivity index is 1.77. The largest absolute Gasteiger partial charge is 0.369 e. The summed E-state index contributed by atoms with van der Waals surface area (Å²) in [7, 11) is 0. The number of allylic oxidation sites excluding steroid dienone is 3. The van der Waals surface area contributed by atoms with Gasteiger partial charge in [0.1, 0.15) is 5.02 Å². The molecule has 1 aliphatic rings. The molecular formula is C24H31ClN6S. The number of nitrogens with one attached hydrogen (secondary N) is 3. The van der Waals surface area contributed by atoms with Crippen LogP contribution in [0, 0.1) is 0 Å². The number of anilines is 4. The van der Waals surface area contributed by atoms with E-state index in [1.54, 1.807) is 18.0 Å². The molecule has 2 aromatic rings. The van der Waals surface area contributed by atoms with Crippen molar-refractivity contribution < 1.29 is 0 Å². The third-order valence-electron chi connectivity index (χ3n) is 4.75. The van der Waals surface area contributed by atoms with Crippen LogP contribution < -0.4 is 20.9 Å². The molecule has 0 amide bonds. The first kappa shape index (κ1) is 24.2. The summed E-state index contributed by atoms with van der Waals surface area (Å²) in [5.41, 5.74) is 3.04. The highest BCUT2D eigenvalue weighted by atomic mass is 35.5. The average molecular weight is 471 g/mol. The Kier molecular flexibility index (Phi) is 9.02. The van der Waals surface area contributed by atoms with Gasteiger partial charge in [-0.1, -0.05) is 44.2 Å². The Hall–Kier alpha value is -2.48. The van der Waals surface area contributed by atoms with E-state index in [1.807, 2.05) is 37.3 Å². The molecule has 0 radical (unpaired) electrons. The molecule has 3 N–H and O–H groups in total. The number of aromatic nitrogens is 2. The Labute approximate surface area is 200 Å². The number of piperazine rings is 1. The van der Waals surface area contributed by atoms with Crippen molar-refractivity contribution in [2.24, 2.45) is 0 Å². The molecule has 8 heteroatoms. The molecule has 32 heavy (non-hydrogen) atoms. The van der Waals surface area contributed by atoms with E-state index in [4.69, 9.17) is 11.6 Å². The van der Waals surface area contributed by atoms with Crippen LogP contribution in [0.25, 0.3) is 0 Å². The van der Waals surface area contributed by atoms with Gasteiger partial charge in [-0.05, 0) is 37.3 Å². The van der Waals surface area contributed by atoms with Gasteiger partial charge >= 0.3 is 0 Å². The third-order valence-corrected chi connectivity index (χ3v) is 6.14. The molecule has 1 saturated heterocycles. The monoisotopic (exact) mass is 470 g/mol. The molecule has 0 bridgehead atoms. The summed E-state index contributed by atoms with van der Waals surface area (Å²) in [5.74, 6) is 1.02. The van der Waals surface area contributed by atoms with Crippen molar-refractivity contribution >= 4 is 46.5 Å². The average Bonchev–Trinajstić information content (AvgIpc) is 2.80. The van der Waals surface area contributed by atoms with Crippen molar-refractivity contribution in [1.82, 2.24) is 15.3 Å². The van der Waals surface area contributed by atoms with Crippen LogP contribution in [-0.2, 0) is 0 Å². The lowest BCUT2D eigenvalue weighted by Gasteiger charge is -2.29. The van der Waals surface area contributed by atoms with Crippen LogP contribution in [0.1, 0.15) is 20.8 Å². The lowest BCUT2D eigenvalue weighted by molar-refractivity contribution is 0.589. The van der Waals surface area contributed by atoms with E-state index < -0.39 is 0 Å². The lowest BCUT2D eigenvalue weighted by atomic mass is 10.2. The zero-order chi connectivity index (χ0) is 22.9. The fourth-order valence-corrected chi connectivity index (χ4v) is 4.27. The van der Waals surface area contributed by atoms with Crippen molar-refractivity contribution in [3.8, 4) is 0 Å². The van der Waals surface area contributed by atoms with Crippen molar-refractivity contribution in [3.05, 3.63) is 70.9 Å². The molecule has 170 valence electrons. The highest BCUT2D eigenvalue weighted by Gasteiger charge is 2.12. The van der Waals surface area contributed by atoms with E-state index >= 15 is 0 Å². The maximum absolute atomic E-state index is 6.40. The molecule has 3 rings (SSSR count). The van der Waals surface area contributed by atoms with E-state index in [0.29, 0.717) is 22.0 Å². The molecule has 1 aromatic carbocycles. The van der Waals surface area contributed by atoms with Gasteiger partial charge in [0, 0.05) is 47.7 Å². The second-order valence-corrected chi connectivity index (χ2v) is 9.60. The van der Waals surface area contributed by atoms with Gasteiger partial charge in [0.05, 0.1) is 11.9 Å². The van der Waals surface area contributed by atoms with Gasteiger partial charge < -0.3 is 20.9 Å². The quantitative estimate of drug-likeness (QED) is 0.399. The van der Waals surface area contributed by atoms with Crippen LogP contribution in [0.2, 0.25) is 5.02 Å². The van der Waals surface area contributed by atoms with Crippen LogP contribution in [-0.4, -0.2) is 41.4 Å². The normalized spacial score (nSPS) is 15.1. The Morgan fingerprint density at radius 2 is 1.97 bits per heavy atom. The van der Waals surface area contributed by atoms with Crippen LogP contribution in [0.5, 0.6) is 0 Å². The zero-order valence-electron chi connectivity index (χ0n) is 18.9. The SMILES string of the molecule is C=C/C(SC(C)C)=C(\C=C/C)Nc1nc(Nc2ccc(N3CCNCC3)cc2)ncc1Cl. The van der Waals surface area contributed by atoms with E-state index in [0.717, 1.165) is 42.5 Å². The smallest absolute Gasteiger partial charge is 0.229 e. The first-order valence-corrected chi connectivity index (χ1v) is 12.0. The van der Waals surface area contributed by atoms with Crippen LogP contribution in [0.15, 0.2) is 65.9 Å². The van der Waals surface area contributed by atoms with Gasteiger partial charge in [-0.2, -0.15) is 4.98 Å². The van der Waals surface area contributed by atoms with Gasteiger partial charge in [-0.3, -0.25) is 0 Å². The highest BCUT2D eigenvalue weighted by molar-refractivity contribution is 8.03. The minimum absolute atomic E-state index is 0.423. The fraction of sp³-hybridized carbons (Fsp3) is 0.333.